The maximum Gasteiger partial charge on any atom is 0.120 e. The van der Waals surface area contributed by atoms with E-state index in [0.717, 1.165) is 35.1 Å². The minimum Gasteiger partial charge on any atom is -0.468 e. The van der Waals surface area contributed by atoms with Crippen LogP contribution in [0.2, 0.25) is 0 Å². The van der Waals surface area contributed by atoms with E-state index < -0.39 is 0 Å². The summed E-state index contributed by atoms with van der Waals surface area (Å²) in [4.78, 5) is 8.95. The third-order valence-corrected chi connectivity index (χ3v) is 4.15. The zero-order valence-corrected chi connectivity index (χ0v) is 12.6. The van der Waals surface area contributed by atoms with Crippen LogP contribution in [0.5, 0.6) is 0 Å². The molecule has 0 bridgehead atoms. The van der Waals surface area contributed by atoms with Gasteiger partial charge in [-0.1, -0.05) is 6.07 Å². The lowest BCUT2D eigenvalue weighted by atomic mass is 10.2. The van der Waals surface area contributed by atoms with Gasteiger partial charge in [0, 0.05) is 24.5 Å². The fourth-order valence-electron chi connectivity index (χ4n) is 2.09. The molecule has 0 fully saturated rings. The van der Waals surface area contributed by atoms with Crippen molar-refractivity contribution in [3.8, 4) is 11.4 Å². The standard InChI is InChI=1S/C16H17N3OS/c1-12(15-6-4-10-20-15)17-9-7-16-19-14(11-21-16)13-5-2-3-8-18-13/h2-6,8,10-12,17H,7,9H2,1H3/t12-/m1/s1. The van der Waals surface area contributed by atoms with E-state index in [1.807, 2.05) is 30.3 Å². The summed E-state index contributed by atoms with van der Waals surface area (Å²) in [6, 6.07) is 9.99. The number of thiazole rings is 1. The van der Waals surface area contributed by atoms with Gasteiger partial charge in [0.25, 0.3) is 0 Å². The summed E-state index contributed by atoms with van der Waals surface area (Å²) in [6.07, 6.45) is 4.40. The second-order valence-electron chi connectivity index (χ2n) is 4.78. The highest BCUT2D eigenvalue weighted by Crippen LogP contribution is 2.20. The third kappa shape index (κ3) is 3.56. The highest BCUT2D eigenvalue weighted by molar-refractivity contribution is 7.09. The Bertz CT molecular complexity index is 664. The minimum atomic E-state index is 0.218. The molecule has 0 aliphatic carbocycles. The molecule has 4 nitrogen and oxygen atoms in total. The molecule has 0 radical (unpaired) electrons. The van der Waals surface area contributed by atoms with E-state index in [-0.39, 0.29) is 6.04 Å². The Morgan fingerprint density at radius 1 is 1.24 bits per heavy atom. The molecular formula is C16H17N3OS. The SMILES string of the molecule is C[C@@H](NCCc1nc(-c2ccccn2)cs1)c1ccco1. The van der Waals surface area contributed by atoms with E-state index in [4.69, 9.17) is 4.42 Å². The molecule has 0 aliphatic rings. The van der Waals surface area contributed by atoms with Gasteiger partial charge < -0.3 is 9.73 Å². The summed E-state index contributed by atoms with van der Waals surface area (Å²) in [7, 11) is 0. The minimum absolute atomic E-state index is 0.218. The first kappa shape index (κ1) is 14.0. The zero-order valence-electron chi connectivity index (χ0n) is 11.8. The van der Waals surface area contributed by atoms with Gasteiger partial charge in [-0.2, -0.15) is 0 Å². The van der Waals surface area contributed by atoms with Crippen LogP contribution in [0, 0.1) is 0 Å². The molecule has 21 heavy (non-hydrogen) atoms. The monoisotopic (exact) mass is 299 g/mol. The van der Waals surface area contributed by atoms with Gasteiger partial charge in [0.2, 0.25) is 0 Å². The second kappa shape index (κ2) is 6.65. The van der Waals surface area contributed by atoms with Crippen LogP contribution >= 0.6 is 11.3 Å². The lowest BCUT2D eigenvalue weighted by molar-refractivity contribution is 0.432. The average molecular weight is 299 g/mol. The van der Waals surface area contributed by atoms with Crippen LogP contribution in [0.15, 0.2) is 52.6 Å². The molecule has 1 atom stereocenters. The van der Waals surface area contributed by atoms with E-state index in [2.05, 4.69) is 27.6 Å². The number of pyridine rings is 1. The second-order valence-corrected chi connectivity index (χ2v) is 5.73. The van der Waals surface area contributed by atoms with Gasteiger partial charge in [-0.05, 0) is 31.2 Å². The van der Waals surface area contributed by atoms with E-state index in [9.17, 15) is 0 Å². The van der Waals surface area contributed by atoms with Crippen molar-refractivity contribution < 1.29 is 4.42 Å². The average Bonchev–Trinajstić information content (AvgIpc) is 3.20. The molecule has 1 N–H and O–H groups in total. The Morgan fingerprint density at radius 2 is 2.19 bits per heavy atom. The quantitative estimate of drug-likeness (QED) is 0.754. The molecule has 0 amide bonds. The highest BCUT2D eigenvalue weighted by Gasteiger charge is 2.08. The molecule has 3 aromatic heterocycles. The van der Waals surface area contributed by atoms with Gasteiger partial charge >= 0.3 is 0 Å². The summed E-state index contributed by atoms with van der Waals surface area (Å²) in [6.45, 7) is 2.97. The van der Waals surface area contributed by atoms with Crippen molar-refractivity contribution in [3.05, 3.63) is 58.9 Å². The molecule has 3 rings (SSSR count). The Morgan fingerprint density at radius 3 is 2.95 bits per heavy atom. The first-order chi connectivity index (χ1) is 10.3. The summed E-state index contributed by atoms with van der Waals surface area (Å²) >= 11 is 1.68. The van der Waals surface area contributed by atoms with Crippen LogP contribution in [-0.4, -0.2) is 16.5 Å². The maximum atomic E-state index is 5.38. The van der Waals surface area contributed by atoms with Crippen LogP contribution in [0.4, 0.5) is 0 Å². The van der Waals surface area contributed by atoms with Crippen LogP contribution in [-0.2, 0) is 6.42 Å². The van der Waals surface area contributed by atoms with Crippen molar-refractivity contribution in [2.45, 2.75) is 19.4 Å². The van der Waals surface area contributed by atoms with Gasteiger partial charge in [0.1, 0.15) is 5.76 Å². The molecule has 0 saturated heterocycles. The van der Waals surface area contributed by atoms with Gasteiger partial charge in [-0.25, -0.2) is 4.98 Å². The third-order valence-electron chi connectivity index (χ3n) is 3.24. The fraction of sp³-hybridized carbons (Fsp3) is 0.250. The van der Waals surface area contributed by atoms with Crippen LogP contribution in [0.1, 0.15) is 23.7 Å². The lowest BCUT2D eigenvalue weighted by Gasteiger charge is -2.09. The number of aromatic nitrogens is 2. The smallest absolute Gasteiger partial charge is 0.120 e. The zero-order chi connectivity index (χ0) is 14.5. The van der Waals surface area contributed by atoms with E-state index in [1.165, 1.54) is 0 Å². The van der Waals surface area contributed by atoms with Crippen molar-refractivity contribution in [3.63, 3.8) is 0 Å². The maximum absolute atomic E-state index is 5.38. The number of rotatable bonds is 6. The number of hydrogen-bond donors (Lipinski definition) is 1. The fourth-order valence-corrected chi connectivity index (χ4v) is 2.88. The number of furan rings is 1. The molecule has 0 unspecified atom stereocenters. The van der Waals surface area contributed by atoms with Crippen LogP contribution in [0.25, 0.3) is 11.4 Å². The van der Waals surface area contributed by atoms with E-state index in [0.29, 0.717) is 0 Å². The van der Waals surface area contributed by atoms with Crippen LogP contribution < -0.4 is 5.32 Å². The molecule has 0 spiro atoms. The summed E-state index contributed by atoms with van der Waals surface area (Å²) in [5.74, 6) is 0.961. The normalized spacial score (nSPS) is 12.4. The first-order valence-electron chi connectivity index (χ1n) is 6.95. The Balaban J connectivity index is 1.54. The number of hydrogen-bond acceptors (Lipinski definition) is 5. The summed E-state index contributed by atoms with van der Waals surface area (Å²) in [5, 5.41) is 6.62. The number of nitrogens with one attached hydrogen (secondary N) is 1. The van der Waals surface area contributed by atoms with Gasteiger partial charge in [-0.15, -0.1) is 11.3 Å². The topological polar surface area (TPSA) is 51.0 Å². The molecular weight excluding hydrogens is 282 g/mol. The summed E-state index contributed by atoms with van der Waals surface area (Å²) < 4.78 is 5.38. The number of nitrogens with zero attached hydrogens (tertiary/aromatic N) is 2. The Labute approximate surface area is 127 Å². The largest absolute Gasteiger partial charge is 0.468 e. The molecule has 3 aromatic rings. The molecule has 108 valence electrons. The molecule has 3 heterocycles. The van der Waals surface area contributed by atoms with Crippen molar-refractivity contribution in [2.24, 2.45) is 0 Å². The van der Waals surface area contributed by atoms with Crippen molar-refractivity contribution in [1.82, 2.24) is 15.3 Å². The highest BCUT2D eigenvalue weighted by atomic mass is 32.1. The molecule has 0 saturated carbocycles. The Kier molecular flexibility index (Phi) is 4.43. The Hall–Kier alpha value is -1.98. The predicted molar refractivity (Wildman–Crippen MR) is 84.2 cm³/mol. The van der Waals surface area contributed by atoms with Gasteiger partial charge in [-0.3, -0.25) is 4.98 Å². The van der Waals surface area contributed by atoms with Crippen molar-refractivity contribution in [2.75, 3.05) is 6.54 Å². The molecule has 0 aromatic carbocycles. The van der Waals surface area contributed by atoms with E-state index >= 15 is 0 Å². The van der Waals surface area contributed by atoms with Gasteiger partial charge in [0.05, 0.1) is 28.7 Å². The predicted octanol–water partition coefficient (Wildman–Crippen LogP) is 3.69. The van der Waals surface area contributed by atoms with Crippen molar-refractivity contribution in [1.29, 1.82) is 0 Å². The van der Waals surface area contributed by atoms with Gasteiger partial charge in [0.15, 0.2) is 0 Å². The first-order valence-corrected chi connectivity index (χ1v) is 7.83. The lowest BCUT2D eigenvalue weighted by Crippen LogP contribution is -2.20. The van der Waals surface area contributed by atoms with E-state index in [1.54, 1.807) is 23.8 Å². The van der Waals surface area contributed by atoms with Crippen LogP contribution in [0.3, 0.4) is 0 Å². The van der Waals surface area contributed by atoms with Crippen molar-refractivity contribution >= 4 is 11.3 Å². The molecule has 5 heteroatoms. The summed E-state index contributed by atoms with van der Waals surface area (Å²) in [5.41, 5.74) is 1.88. The molecule has 0 aliphatic heterocycles.